The topological polar surface area (TPSA) is 34.9 Å². The average Bonchev–Trinajstić information content (AvgIpc) is 2.91. The molecule has 2 heterocycles. The molecule has 112 valence electrons. The third-order valence-electron chi connectivity index (χ3n) is 4.24. The summed E-state index contributed by atoms with van der Waals surface area (Å²) in [5, 5.41) is 0.856. The van der Waals surface area contributed by atoms with Crippen molar-refractivity contribution >= 4 is 37.5 Å². The number of hydrogen-bond acceptors (Lipinski definition) is 3. The summed E-state index contributed by atoms with van der Waals surface area (Å²) in [4.78, 5) is 19.7. The van der Waals surface area contributed by atoms with Crippen LogP contribution < -0.4 is 5.56 Å². The molecule has 0 unspecified atom stereocenters. The first-order chi connectivity index (χ1) is 10.7. The number of benzene rings is 1. The Kier molecular flexibility index (Phi) is 3.62. The molecule has 0 saturated heterocycles. The number of halogens is 1. The monoisotopic (exact) mass is 374 g/mol. The van der Waals surface area contributed by atoms with Gasteiger partial charge in [-0.3, -0.25) is 9.36 Å². The Morgan fingerprint density at radius 1 is 1.23 bits per heavy atom. The van der Waals surface area contributed by atoms with E-state index < -0.39 is 0 Å². The highest BCUT2D eigenvalue weighted by atomic mass is 79.9. The molecule has 5 heteroatoms. The van der Waals surface area contributed by atoms with Gasteiger partial charge in [-0.1, -0.05) is 34.1 Å². The Balaban J connectivity index is 1.84. The number of aromatic nitrogens is 2. The highest BCUT2D eigenvalue weighted by Gasteiger charge is 2.20. The van der Waals surface area contributed by atoms with Gasteiger partial charge in [0.15, 0.2) is 0 Å². The Morgan fingerprint density at radius 2 is 2.05 bits per heavy atom. The highest BCUT2D eigenvalue weighted by molar-refractivity contribution is 9.10. The van der Waals surface area contributed by atoms with Crippen molar-refractivity contribution in [1.29, 1.82) is 0 Å². The maximum atomic E-state index is 12.9. The van der Waals surface area contributed by atoms with Crippen LogP contribution in [0.4, 0.5) is 0 Å². The zero-order valence-electron chi connectivity index (χ0n) is 12.0. The second kappa shape index (κ2) is 5.63. The fourth-order valence-electron chi connectivity index (χ4n) is 3.10. The summed E-state index contributed by atoms with van der Waals surface area (Å²) in [5.74, 6) is 0. The van der Waals surface area contributed by atoms with E-state index in [2.05, 4.69) is 20.9 Å². The van der Waals surface area contributed by atoms with Crippen LogP contribution in [0.15, 0.2) is 39.9 Å². The number of fused-ring (bicyclic) bond motifs is 3. The molecule has 3 aromatic rings. The number of rotatable bonds is 2. The van der Waals surface area contributed by atoms with Crippen molar-refractivity contribution in [2.45, 2.75) is 32.2 Å². The lowest BCUT2D eigenvalue weighted by Gasteiger charge is -2.11. The van der Waals surface area contributed by atoms with E-state index in [4.69, 9.17) is 0 Å². The van der Waals surface area contributed by atoms with Crippen LogP contribution in [0.25, 0.3) is 10.2 Å². The van der Waals surface area contributed by atoms with Crippen LogP contribution in [0.3, 0.4) is 0 Å². The first-order valence-corrected chi connectivity index (χ1v) is 9.08. The van der Waals surface area contributed by atoms with Crippen LogP contribution >= 0.6 is 27.3 Å². The van der Waals surface area contributed by atoms with E-state index in [-0.39, 0.29) is 5.56 Å². The van der Waals surface area contributed by atoms with Gasteiger partial charge in [0, 0.05) is 9.35 Å². The summed E-state index contributed by atoms with van der Waals surface area (Å²) in [6.07, 6.45) is 6.21. The van der Waals surface area contributed by atoms with Crippen molar-refractivity contribution in [2.75, 3.05) is 0 Å². The summed E-state index contributed by atoms with van der Waals surface area (Å²) >= 11 is 5.25. The summed E-state index contributed by atoms with van der Waals surface area (Å²) in [7, 11) is 0. The molecular weight excluding hydrogens is 360 g/mol. The molecular formula is C17H15BrN2OS. The lowest BCUT2D eigenvalue weighted by atomic mass is 9.97. The number of thiophene rings is 1. The summed E-state index contributed by atoms with van der Waals surface area (Å²) in [6, 6.07) is 8.00. The summed E-state index contributed by atoms with van der Waals surface area (Å²) < 4.78 is 2.75. The standard InChI is InChI=1S/C17H15BrN2OS/c18-13-7-3-1-5-11(13)9-20-10-19-16-15(17(20)21)12-6-2-4-8-14(12)22-16/h1,3,5,7,10H,2,4,6,8-9H2. The molecule has 0 bridgehead atoms. The van der Waals surface area contributed by atoms with Gasteiger partial charge in [-0.05, 0) is 42.9 Å². The average molecular weight is 375 g/mol. The molecule has 0 fully saturated rings. The van der Waals surface area contributed by atoms with Crippen molar-refractivity contribution in [3.05, 3.63) is 61.4 Å². The number of nitrogens with zero attached hydrogens (tertiary/aromatic N) is 2. The predicted octanol–water partition coefficient (Wildman–Crippen LogP) is 4.15. The molecule has 4 rings (SSSR count). The molecule has 1 aromatic carbocycles. The van der Waals surface area contributed by atoms with Gasteiger partial charge in [0.25, 0.3) is 5.56 Å². The van der Waals surface area contributed by atoms with Crippen LogP contribution in [-0.2, 0) is 19.4 Å². The van der Waals surface area contributed by atoms with E-state index in [0.29, 0.717) is 6.54 Å². The van der Waals surface area contributed by atoms with Crippen molar-refractivity contribution in [3.63, 3.8) is 0 Å². The fraction of sp³-hybridized carbons (Fsp3) is 0.294. The Hall–Kier alpha value is -1.46. The second-order valence-electron chi connectivity index (χ2n) is 5.66. The van der Waals surface area contributed by atoms with E-state index >= 15 is 0 Å². The van der Waals surface area contributed by atoms with E-state index in [1.165, 1.54) is 23.3 Å². The van der Waals surface area contributed by atoms with Crippen molar-refractivity contribution in [2.24, 2.45) is 0 Å². The zero-order chi connectivity index (χ0) is 15.1. The van der Waals surface area contributed by atoms with Gasteiger partial charge >= 0.3 is 0 Å². The van der Waals surface area contributed by atoms with Gasteiger partial charge in [0.05, 0.1) is 18.3 Å². The minimum absolute atomic E-state index is 0.0974. The molecule has 0 N–H and O–H groups in total. The van der Waals surface area contributed by atoms with E-state index in [9.17, 15) is 4.79 Å². The number of aryl methyl sites for hydroxylation is 2. The number of hydrogen-bond donors (Lipinski definition) is 0. The third-order valence-corrected chi connectivity index (χ3v) is 6.21. The van der Waals surface area contributed by atoms with Crippen molar-refractivity contribution in [1.82, 2.24) is 9.55 Å². The predicted molar refractivity (Wildman–Crippen MR) is 93.8 cm³/mol. The van der Waals surface area contributed by atoms with Crippen LogP contribution in [-0.4, -0.2) is 9.55 Å². The second-order valence-corrected chi connectivity index (χ2v) is 7.60. The van der Waals surface area contributed by atoms with Crippen LogP contribution in [0.1, 0.15) is 28.8 Å². The van der Waals surface area contributed by atoms with Crippen molar-refractivity contribution < 1.29 is 0 Å². The third kappa shape index (κ3) is 2.32. The van der Waals surface area contributed by atoms with E-state index in [1.807, 2.05) is 24.3 Å². The Bertz CT molecular complexity index is 913. The minimum atomic E-state index is 0.0974. The lowest BCUT2D eigenvalue weighted by molar-refractivity contribution is 0.697. The molecule has 0 spiro atoms. The summed E-state index contributed by atoms with van der Waals surface area (Å²) in [6.45, 7) is 0.549. The lowest BCUT2D eigenvalue weighted by Crippen LogP contribution is -2.21. The molecule has 0 radical (unpaired) electrons. The maximum absolute atomic E-state index is 12.9. The van der Waals surface area contributed by atoms with Crippen molar-refractivity contribution in [3.8, 4) is 0 Å². The molecule has 1 aliphatic carbocycles. The van der Waals surface area contributed by atoms with Gasteiger partial charge in [0.2, 0.25) is 0 Å². The fourth-order valence-corrected chi connectivity index (χ4v) is 4.73. The SMILES string of the molecule is O=c1c2c3c(sc2ncn1Cc1ccccc1Br)CCCC3. The van der Waals surface area contributed by atoms with Gasteiger partial charge in [-0.2, -0.15) is 0 Å². The molecule has 0 saturated carbocycles. The molecule has 22 heavy (non-hydrogen) atoms. The van der Waals surface area contributed by atoms with Gasteiger partial charge < -0.3 is 0 Å². The van der Waals surface area contributed by atoms with Crippen LogP contribution in [0.2, 0.25) is 0 Å². The van der Waals surface area contributed by atoms with Gasteiger partial charge in [0.1, 0.15) is 4.83 Å². The quantitative estimate of drug-likeness (QED) is 0.675. The first kappa shape index (κ1) is 14.2. The Morgan fingerprint density at radius 3 is 2.91 bits per heavy atom. The smallest absolute Gasteiger partial charge is 0.262 e. The van der Waals surface area contributed by atoms with E-state index in [1.54, 1.807) is 22.2 Å². The minimum Gasteiger partial charge on any atom is -0.294 e. The molecule has 2 aromatic heterocycles. The molecule has 0 atom stereocenters. The van der Waals surface area contributed by atoms with Gasteiger partial charge in [-0.15, -0.1) is 11.3 Å². The van der Waals surface area contributed by atoms with Crippen LogP contribution in [0.5, 0.6) is 0 Å². The van der Waals surface area contributed by atoms with Crippen LogP contribution in [0, 0.1) is 0 Å². The highest BCUT2D eigenvalue weighted by Crippen LogP contribution is 2.33. The normalized spacial score (nSPS) is 14.2. The molecule has 0 amide bonds. The van der Waals surface area contributed by atoms with E-state index in [0.717, 1.165) is 33.1 Å². The van der Waals surface area contributed by atoms with Gasteiger partial charge in [-0.25, -0.2) is 4.98 Å². The maximum Gasteiger partial charge on any atom is 0.262 e. The molecule has 0 aliphatic heterocycles. The molecule has 3 nitrogen and oxygen atoms in total. The Labute approximate surface area is 140 Å². The largest absolute Gasteiger partial charge is 0.294 e. The first-order valence-electron chi connectivity index (χ1n) is 7.47. The summed E-state index contributed by atoms with van der Waals surface area (Å²) in [5.41, 5.74) is 2.44. The zero-order valence-corrected chi connectivity index (χ0v) is 14.4. The molecule has 1 aliphatic rings.